The maximum atomic E-state index is 12.5. The summed E-state index contributed by atoms with van der Waals surface area (Å²) < 4.78 is 42.3. The standard InChI is InChI=1S/C11H8F3NO/c12-11(13,14)9-3-8(4-10(15)5-9)7-1-2-16-6-7/h1-6H,15H2. The summed E-state index contributed by atoms with van der Waals surface area (Å²) >= 11 is 0. The molecule has 0 aliphatic carbocycles. The molecule has 0 saturated heterocycles. The summed E-state index contributed by atoms with van der Waals surface area (Å²) in [5.74, 6) is 0. The van der Waals surface area contributed by atoms with E-state index in [9.17, 15) is 13.2 Å². The van der Waals surface area contributed by atoms with Crippen molar-refractivity contribution in [2.45, 2.75) is 6.18 Å². The van der Waals surface area contributed by atoms with Crippen molar-refractivity contribution in [1.82, 2.24) is 0 Å². The molecule has 0 unspecified atom stereocenters. The van der Waals surface area contributed by atoms with Gasteiger partial charge in [0.2, 0.25) is 0 Å². The summed E-state index contributed by atoms with van der Waals surface area (Å²) in [5.41, 5.74) is 5.70. The summed E-state index contributed by atoms with van der Waals surface area (Å²) in [6, 6.07) is 5.00. The molecule has 2 rings (SSSR count). The van der Waals surface area contributed by atoms with E-state index in [1.807, 2.05) is 0 Å². The second-order valence-electron chi connectivity index (χ2n) is 3.35. The van der Waals surface area contributed by atoms with Gasteiger partial charge in [-0.3, -0.25) is 0 Å². The Morgan fingerprint density at radius 3 is 2.38 bits per heavy atom. The van der Waals surface area contributed by atoms with Crippen molar-refractivity contribution in [2.24, 2.45) is 0 Å². The minimum absolute atomic E-state index is 0.0750. The lowest BCUT2D eigenvalue weighted by atomic mass is 10.0. The van der Waals surface area contributed by atoms with Crippen LogP contribution in [0.5, 0.6) is 0 Å². The SMILES string of the molecule is Nc1cc(-c2ccoc2)cc(C(F)(F)F)c1. The number of rotatable bonds is 1. The molecule has 2 N–H and O–H groups in total. The zero-order chi connectivity index (χ0) is 11.8. The van der Waals surface area contributed by atoms with Crippen LogP contribution in [0.1, 0.15) is 5.56 Å². The molecule has 0 saturated carbocycles. The molecule has 0 aliphatic rings. The molecule has 0 radical (unpaired) electrons. The molecule has 5 heteroatoms. The van der Waals surface area contributed by atoms with E-state index in [4.69, 9.17) is 10.2 Å². The quantitative estimate of drug-likeness (QED) is 0.756. The number of alkyl halides is 3. The average Bonchev–Trinajstić information content (AvgIpc) is 2.68. The first-order valence-corrected chi connectivity index (χ1v) is 4.47. The van der Waals surface area contributed by atoms with Gasteiger partial charge in [0, 0.05) is 11.3 Å². The van der Waals surface area contributed by atoms with Crippen molar-refractivity contribution in [3.8, 4) is 11.1 Å². The van der Waals surface area contributed by atoms with Gasteiger partial charge < -0.3 is 10.2 Å². The minimum Gasteiger partial charge on any atom is -0.472 e. The van der Waals surface area contributed by atoms with Crippen LogP contribution in [0.3, 0.4) is 0 Å². The van der Waals surface area contributed by atoms with Gasteiger partial charge in [0.05, 0.1) is 18.1 Å². The summed E-state index contributed by atoms with van der Waals surface area (Å²) in [6.07, 6.45) is -1.63. The molecule has 84 valence electrons. The zero-order valence-electron chi connectivity index (χ0n) is 8.08. The summed E-state index contributed by atoms with van der Waals surface area (Å²) in [6.45, 7) is 0. The highest BCUT2D eigenvalue weighted by atomic mass is 19.4. The molecule has 0 amide bonds. The third kappa shape index (κ3) is 2.03. The molecule has 1 aromatic heterocycles. The van der Waals surface area contributed by atoms with E-state index in [-0.39, 0.29) is 5.69 Å². The number of hydrogen-bond donors (Lipinski definition) is 1. The predicted octanol–water partition coefficient (Wildman–Crippen LogP) is 3.55. The number of nitrogen functional groups attached to an aromatic ring is 1. The van der Waals surface area contributed by atoms with E-state index >= 15 is 0 Å². The van der Waals surface area contributed by atoms with Gasteiger partial charge in [-0.15, -0.1) is 0 Å². The second kappa shape index (κ2) is 3.59. The normalized spacial score (nSPS) is 11.7. The fourth-order valence-corrected chi connectivity index (χ4v) is 1.41. The van der Waals surface area contributed by atoms with Crippen LogP contribution < -0.4 is 5.73 Å². The van der Waals surface area contributed by atoms with Crippen molar-refractivity contribution in [3.05, 3.63) is 42.4 Å². The topological polar surface area (TPSA) is 39.2 Å². The van der Waals surface area contributed by atoms with Crippen molar-refractivity contribution in [3.63, 3.8) is 0 Å². The van der Waals surface area contributed by atoms with Gasteiger partial charge in [0.1, 0.15) is 0 Å². The average molecular weight is 227 g/mol. The van der Waals surface area contributed by atoms with Crippen LogP contribution in [0.4, 0.5) is 18.9 Å². The Bertz CT molecular complexity index is 488. The highest BCUT2D eigenvalue weighted by molar-refractivity contribution is 5.67. The van der Waals surface area contributed by atoms with Crippen molar-refractivity contribution < 1.29 is 17.6 Å². The van der Waals surface area contributed by atoms with Gasteiger partial charge in [-0.2, -0.15) is 13.2 Å². The van der Waals surface area contributed by atoms with Crippen LogP contribution in [-0.2, 0) is 6.18 Å². The maximum Gasteiger partial charge on any atom is 0.416 e. The number of nitrogens with two attached hydrogens (primary N) is 1. The lowest BCUT2D eigenvalue weighted by molar-refractivity contribution is -0.137. The Balaban J connectivity index is 2.53. The third-order valence-corrected chi connectivity index (χ3v) is 2.14. The third-order valence-electron chi connectivity index (χ3n) is 2.14. The molecule has 2 aromatic rings. The van der Waals surface area contributed by atoms with E-state index in [1.165, 1.54) is 18.6 Å². The molecule has 0 fully saturated rings. The van der Waals surface area contributed by atoms with Gasteiger partial charge in [-0.25, -0.2) is 0 Å². The lowest BCUT2D eigenvalue weighted by Crippen LogP contribution is -2.05. The minimum atomic E-state index is -4.39. The van der Waals surface area contributed by atoms with E-state index in [0.717, 1.165) is 12.1 Å². The second-order valence-corrected chi connectivity index (χ2v) is 3.35. The van der Waals surface area contributed by atoms with E-state index in [2.05, 4.69) is 0 Å². The number of hydrogen-bond acceptors (Lipinski definition) is 2. The molecule has 1 heterocycles. The molecule has 2 nitrogen and oxygen atoms in total. The molecular weight excluding hydrogens is 219 g/mol. The van der Waals surface area contributed by atoms with Crippen LogP contribution in [0.15, 0.2) is 41.2 Å². The van der Waals surface area contributed by atoms with E-state index in [0.29, 0.717) is 11.1 Å². The Morgan fingerprint density at radius 1 is 1.06 bits per heavy atom. The molecule has 1 aromatic carbocycles. The number of furan rings is 1. The fraction of sp³-hybridized carbons (Fsp3) is 0.0909. The van der Waals surface area contributed by atoms with Gasteiger partial charge >= 0.3 is 6.18 Å². The number of anilines is 1. The Labute approximate surface area is 89.5 Å². The van der Waals surface area contributed by atoms with Crippen LogP contribution in [0.25, 0.3) is 11.1 Å². The molecule has 0 atom stereocenters. The maximum absolute atomic E-state index is 12.5. The van der Waals surface area contributed by atoms with Crippen LogP contribution >= 0.6 is 0 Å². The van der Waals surface area contributed by atoms with Crippen LogP contribution in [0.2, 0.25) is 0 Å². The first-order chi connectivity index (χ1) is 7.47. The van der Waals surface area contributed by atoms with E-state index < -0.39 is 11.7 Å². The number of halogens is 3. The van der Waals surface area contributed by atoms with Crippen molar-refractivity contribution in [1.29, 1.82) is 0 Å². The molecule has 0 aliphatic heterocycles. The van der Waals surface area contributed by atoms with Crippen LogP contribution in [-0.4, -0.2) is 0 Å². The van der Waals surface area contributed by atoms with E-state index in [1.54, 1.807) is 6.07 Å². The van der Waals surface area contributed by atoms with Gasteiger partial charge in [-0.05, 0) is 29.8 Å². The van der Waals surface area contributed by atoms with Crippen molar-refractivity contribution in [2.75, 3.05) is 5.73 Å². The first kappa shape index (κ1) is 10.6. The molecule has 0 spiro atoms. The smallest absolute Gasteiger partial charge is 0.416 e. The molecule has 0 bridgehead atoms. The number of benzene rings is 1. The lowest BCUT2D eigenvalue weighted by Gasteiger charge is -2.09. The summed E-state index contributed by atoms with van der Waals surface area (Å²) in [4.78, 5) is 0. The zero-order valence-corrected chi connectivity index (χ0v) is 8.08. The Morgan fingerprint density at radius 2 is 1.81 bits per heavy atom. The summed E-state index contributed by atoms with van der Waals surface area (Å²) in [7, 11) is 0. The van der Waals surface area contributed by atoms with Gasteiger partial charge in [-0.1, -0.05) is 0 Å². The highest BCUT2D eigenvalue weighted by Gasteiger charge is 2.31. The summed E-state index contributed by atoms with van der Waals surface area (Å²) in [5, 5.41) is 0. The van der Waals surface area contributed by atoms with Crippen LogP contribution in [0, 0.1) is 0 Å². The molecular formula is C11H8F3NO. The van der Waals surface area contributed by atoms with Gasteiger partial charge in [0.25, 0.3) is 0 Å². The predicted molar refractivity (Wildman–Crippen MR) is 53.6 cm³/mol. The first-order valence-electron chi connectivity index (χ1n) is 4.47. The Kier molecular flexibility index (Phi) is 2.38. The largest absolute Gasteiger partial charge is 0.472 e. The highest BCUT2D eigenvalue weighted by Crippen LogP contribution is 2.34. The molecule has 16 heavy (non-hydrogen) atoms. The monoisotopic (exact) mass is 227 g/mol. The fourth-order valence-electron chi connectivity index (χ4n) is 1.41. The van der Waals surface area contributed by atoms with Crippen molar-refractivity contribution >= 4 is 5.69 Å². The van der Waals surface area contributed by atoms with Gasteiger partial charge in [0.15, 0.2) is 0 Å². The Hall–Kier alpha value is -1.91.